The average molecular weight is 249 g/mol. The third-order valence-corrected chi connectivity index (χ3v) is 4.87. The molecule has 16 heavy (non-hydrogen) atoms. The second kappa shape index (κ2) is 8.55. The van der Waals surface area contributed by atoms with E-state index in [2.05, 4.69) is 6.92 Å². The second-order valence-electron chi connectivity index (χ2n) is 3.62. The lowest BCUT2D eigenvalue weighted by atomic mass is 10.2. The molecule has 6 heteroatoms. The lowest BCUT2D eigenvalue weighted by Gasteiger charge is -2.31. The Bertz CT molecular complexity index is 199. The van der Waals surface area contributed by atoms with Crippen molar-refractivity contribution in [1.82, 2.24) is 4.90 Å². The zero-order valence-electron chi connectivity index (χ0n) is 10.6. The Morgan fingerprint density at radius 2 is 1.94 bits per heavy atom. The Morgan fingerprint density at radius 3 is 2.25 bits per heavy atom. The smallest absolute Gasteiger partial charge is 0.407 e. The van der Waals surface area contributed by atoms with E-state index in [1.165, 1.54) is 4.90 Å². The summed E-state index contributed by atoms with van der Waals surface area (Å²) in [5.41, 5.74) is -0.0996. The van der Waals surface area contributed by atoms with Crippen molar-refractivity contribution in [2.75, 3.05) is 20.8 Å². The molecule has 0 aromatic rings. The zero-order chi connectivity index (χ0) is 12.6. The minimum Gasteiger partial charge on any atom is -0.465 e. The van der Waals surface area contributed by atoms with Crippen LogP contribution in [0.2, 0.25) is 0 Å². The number of nitrogens with zero attached hydrogens (tertiary/aromatic N) is 1. The zero-order valence-corrected chi connectivity index (χ0v) is 11.8. The topological polar surface area (TPSA) is 59.0 Å². The summed E-state index contributed by atoms with van der Waals surface area (Å²) in [6.07, 6.45) is 1.96. The van der Waals surface area contributed by atoms with Crippen LogP contribution in [0.15, 0.2) is 0 Å². The molecule has 0 aliphatic heterocycles. The van der Waals surface area contributed by atoms with Crippen LogP contribution in [0.3, 0.4) is 0 Å². The first-order chi connectivity index (χ1) is 7.62. The van der Waals surface area contributed by atoms with Gasteiger partial charge in [0, 0.05) is 20.8 Å². The van der Waals surface area contributed by atoms with Crippen molar-refractivity contribution in [2.45, 2.75) is 38.8 Å². The van der Waals surface area contributed by atoms with E-state index in [0.29, 0.717) is 6.54 Å². The summed E-state index contributed by atoms with van der Waals surface area (Å²) in [5, 5.41) is 9.12. The third kappa shape index (κ3) is 4.50. The van der Waals surface area contributed by atoms with Crippen LogP contribution in [0.1, 0.15) is 33.1 Å². The Morgan fingerprint density at radius 1 is 1.38 bits per heavy atom. The van der Waals surface area contributed by atoms with Crippen molar-refractivity contribution < 1.29 is 18.8 Å². The highest BCUT2D eigenvalue weighted by molar-refractivity contribution is 6.46. The number of hydrogen-bond acceptors (Lipinski definition) is 3. The molecule has 5 nitrogen and oxygen atoms in total. The molecule has 0 saturated heterocycles. The molecule has 0 aromatic carbocycles. The standard InChI is InChI=1S/C10H23NO4Si/c1-5-7-8-9(16(14-3)15-4)11(6-2)10(12)13/h9,16H,5-8H2,1-4H3,(H,12,13). The highest BCUT2D eigenvalue weighted by Crippen LogP contribution is 2.13. The first-order valence-electron chi connectivity index (χ1n) is 5.67. The molecule has 0 heterocycles. The quantitative estimate of drug-likeness (QED) is 0.664. The first kappa shape index (κ1) is 15.4. The molecule has 1 amide bonds. The molecule has 1 atom stereocenters. The van der Waals surface area contributed by atoms with Crippen molar-refractivity contribution in [3.8, 4) is 0 Å². The van der Waals surface area contributed by atoms with Crippen LogP contribution >= 0.6 is 0 Å². The SMILES string of the molecule is CCCCC(N(CC)C(=O)O)[SiH](OC)OC. The van der Waals surface area contributed by atoms with Gasteiger partial charge in [-0.2, -0.15) is 0 Å². The summed E-state index contributed by atoms with van der Waals surface area (Å²) >= 11 is 0. The normalized spacial score (nSPS) is 12.8. The van der Waals surface area contributed by atoms with Crippen LogP contribution < -0.4 is 0 Å². The van der Waals surface area contributed by atoms with Gasteiger partial charge in [0.1, 0.15) is 0 Å². The van der Waals surface area contributed by atoms with Gasteiger partial charge in [-0.25, -0.2) is 4.79 Å². The van der Waals surface area contributed by atoms with Crippen LogP contribution in [0.5, 0.6) is 0 Å². The summed E-state index contributed by atoms with van der Waals surface area (Å²) < 4.78 is 10.6. The maximum atomic E-state index is 11.1. The van der Waals surface area contributed by atoms with Gasteiger partial charge in [0.2, 0.25) is 0 Å². The van der Waals surface area contributed by atoms with E-state index in [4.69, 9.17) is 14.0 Å². The summed E-state index contributed by atoms with van der Waals surface area (Å²) in [7, 11) is 1.26. The van der Waals surface area contributed by atoms with Gasteiger partial charge in [0.05, 0.1) is 5.67 Å². The predicted molar refractivity (Wildman–Crippen MR) is 64.9 cm³/mol. The van der Waals surface area contributed by atoms with Crippen molar-refractivity contribution >= 4 is 15.4 Å². The highest BCUT2D eigenvalue weighted by Gasteiger charge is 2.32. The number of unbranched alkanes of at least 4 members (excludes halogenated alkanes) is 1. The molecular formula is C10H23NO4Si. The molecule has 96 valence electrons. The largest absolute Gasteiger partial charge is 0.465 e. The van der Waals surface area contributed by atoms with Crippen LogP contribution in [0.25, 0.3) is 0 Å². The summed E-state index contributed by atoms with van der Waals surface area (Å²) in [6.45, 7) is 4.40. The Kier molecular flexibility index (Phi) is 8.23. The van der Waals surface area contributed by atoms with Gasteiger partial charge in [-0.3, -0.25) is 0 Å². The molecule has 0 saturated carbocycles. The van der Waals surface area contributed by atoms with Gasteiger partial charge in [0.15, 0.2) is 0 Å². The van der Waals surface area contributed by atoms with E-state index in [-0.39, 0.29) is 5.67 Å². The molecule has 0 radical (unpaired) electrons. The summed E-state index contributed by atoms with van der Waals surface area (Å²) in [4.78, 5) is 12.5. The van der Waals surface area contributed by atoms with Crippen molar-refractivity contribution in [3.63, 3.8) is 0 Å². The molecular weight excluding hydrogens is 226 g/mol. The van der Waals surface area contributed by atoms with Gasteiger partial charge in [-0.1, -0.05) is 19.8 Å². The van der Waals surface area contributed by atoms with E-state index in [1.54, 1.807) is 14.2 Å². The van der Waals surface area contributed by atoms with Crippen molar-refractivity contribution in [3.05, 3.63) is 0 Å². The molecule has 0 aliphatic carbocycles. The number of carboxylic acid groups (broad SMARTS) is 1. The third-order valence-electron chi connectivity index (χ3n) is 2.62. The lowest BCUT2D eigenvalue weighted by molar-refractivity contribution is 0.125. The number of rotatable bonds is 8. The summed E-state index contributed by atoms with van der Waals surface area (Å²) in [5.74, 6) is 0. The maximum Gasteiger partial charge on any atom is 0.407 e. The fraction of sp³-hybridized carbons (Fsp3) is 0.900. The molecule has 1 N–H and O–H groups in total. The molecule has 0 aliphatic rings. The molecule has 0 aromatic heterocycles. The van der Waals surface area contributed by atoms with Crippen LogP contribution in [-0.4, -0.2) is 51.8 Å². The van der Waals surface area contributed by atoms with Crippen molar-refractivity contribution in [1.29, 1.82) is 0 Å². The molecule has 0 bridgehead atoms. The van der Waals surface area contributed by atoms with E-state index in [9.17, 15) is 4.79 Å². The van der Waals surface area contributed by atoms with Crippen LogP contribution in [0, 0.1) is 0 Å². The van der Waals surface area contributed by atoms with Crippen molar-refractivity contribution in [2.24, 2.45) is 0 Å². The minimum atomic E-state index is -1.93. The van der Waals surface area contributed by atoms with Crippen LogP contribution in [0.4, 0.5) is 4.79 Å². The molecule has 1 unspecified atom stereocenters. The van der Waals surface area contributed by atoms with Gasteiger partial charge in [-0.05, 0) is 13.3 Å². The van der Waals surface area contributed by atoms with E-state index in [0.717, 1.165) is 19.3 Å². The van der Waals surface area contributed by atoms with Crippen LogP contribution in [-0.2, 0) is 8.85 Å². The van der Waals surface area contributed by atoms with Gasteiger partial charge in [-0.15, -0.1) is 0 Å². The minimum absolute atomic E-state index is 0.0996. The Balaban J connectivity index is 4.66. The van der Waals surface area contributed by atoms with E-state index < -0.39 is 15.4 Å². The average Bonchev–Trinajstić information content (AvgIpc) is 2.27. The number of amides is 1. The molecule has 0 spiro atoms. The number of carbonyl (C=O) groups is 1. The summed E-state index contributed by atoms with van der Waals surface area (Å²) in [6, 6.07) is 0. The first-order valence-corrected chi connectivity index (χ1v) is 7.28. The molecule has 0 fully saturated rings. The van der Waals surface area contributed by atoms with Gasteiger partial charge >= 0.3 is 15.4 Å². The lowest BCUT2D eigenvalue weighted by Crippen LogP contribution is -2.50. The monoisotopic (exact) mass is 249 g/mol. The van der Waals surface area contributed by atoms with Gasteiger partial charge < -0.3 is 18.9 Å². The Hall–Kier alpha value is -0.593. The fourth-order valence-corrected chi connectivity index (χ4v) is 3.73. The van der Waals surface area contributed by atoms with Gasteiger partial charge in [0.25, 0.3) is 0 Å². The number of hydrogen-bond donors (Lipinski definition) is 1. The predicted octanol–water partition coefficient (Wildman–Crippen LogP) is 1.60. The maximum absolute atomic E-state index is 11.1. The fourth-order valence-electron chi connectivity index (χ4n) is 1.77. The van der Waals surface area contributed by atoms with E-state index in [1.807, 2.05) is 6.92 Å². The highest BCUT2D eigenvalue weighted by atomic mass is 28.3. The second-order valence-corrected chi connectivity index (χ2v) is 6.07. The molecule has 0 rings (SSSR count). The Labute approximate surface area is 99.2 Å². The van der Waals surface area contributed by atoms with E-state index >= 15 is 0 Å².